The number of nitrogens with zero attached hydrogens (tertiary/aromatic N) is 1. The molecule has 0 saturated heterocycles. The SMILES string of the molecule is CCOc1ccc(/C=N/OCC(=O)Nc2cccc(C)c2C)cc1OC. The predicted octanol–water partition coefficient (Wildman–Crippen LogP) is 3.70. The number of benzene rings is 2. The largest absolute Gasteiger partial charge is 0.493 e. The van der Waals surface area contributed by atoms with Gasteiger partial charge in [0.25, 0.3) is 5.91 Å². The van der Waals surface area contributed by atoms with Crippen LogP contribution in [-0.4, -0.2) is 32.4 Å². The molecule has 0 bridgehead atoms. The minimum Gasteiger partial charge on any atom is -0.493 e. The van der Waals surface area contributed by atoms with Gasteiger partial charge in [0, 0.05) is 11.3 Å². The van der Waals surface area contributed by atoms with E-state index >= 15 is 0 Å². The van der Waals surface area contributed by atoms with Crippen molar-refractivity contribution in [1.29, 1.82) is 0 Å². The standard InChI is InChI=1S/C20H24N2O4/c1-5-25-18-10-9-16(11-19(18)24-4)12-21-26-13-20(23)22-17-8-6-7-14(2)15(17)3/h6-12H,5,13H2,1-4H3,(H,22,23)/b21-12+. The summed E-state index contributed by atoms with van der Waals surface area (Å²) in [4.78, 5) is 17.0. The molecule has 0 saturated carbocycles. The maximum atomic E-state index is 12.0. The van der Waals surface area contributed by atoms with Gasteiger partial charge in [-0.15, -0.1) is 0 Å². The Morgan fingerprint density at radius 3 is 2.73 bits per heavy atom. The topological polar surface area (TPSA) is 69.2 Å². The Kier molecular flexibility index (Phi) is 7.02. The van der Waals surface area contributed by atoms with Crippen LogP contribution in [0.4, 0.5) is 5.69 Å². The van der Waals surface area contributed by atoms with Gasteiger partial charge in [-0.3, -0.25) is 4.79 Å². The van der Waals surface area contributed by atoms with Crippen molar-refractivity contribution in [1.82, 2.24) is 0 Å². The minimum absolute atomic E-state index is 0.169. The zero-order valence-corrected chi connectivity index (χ0v) is 15.5. The first-order valence-electron chi connectivity index (χ1n) is 8.37. The molecular weight excluding hydrogens is 332 g/mol. The molecule has 0 aliphatic heterocycles. The highest BCUT2D eigenvalue weighted by atomic mass is 16.6. The lowest BCUT2D eigenvalue weighted by Crippen LogP contribution is -2.17. The van der Waals surface area contributed by atoms with E-state index in [1.165, 1.54) is 6.21 Å². The molecule has 2 aromatic carbocycles. The number of rotatable bonds is 8. The first-order valence-corrected chi connectivity index (χ1v) is 8.37. The molecule has 2 rings (SSSR count). The van der Waals surface area contributed by atoms with E-state index in [0.717, 1.165) is 22.4 Å². The number of carbonyl (C=O) groups excluding carboxylic acids is 1. The van der Waals surface area contributed by atoms with Crippen LogP contribution in [0.2, 0.25) is 0 Å². The highest BCUT2D eigenvalue weighted by Crippen LogP contribution is 2.27. The lowest BCUT2D eigenvalue weighted by Gasteiger charge is -2.10. The number of oxime groups is 1. The molecule has 0 aromatic heterocycles. The molecule has 6 nitrogen and oxygen atoms in total. The molecule has 1 N–H and O–H groups in total. The van der Waals surface area contributed by atoms with Crippen LogP contribution in [-0.2, 0) is 9.63 Å². The van der Waals surface area contributed by atoms with Crippen LogP contribution in [0.25, 0.3) is 0 Å². The molecule has 138 valence electrons. The number of hydrogen-bond donors (Lipinski definition) is 1. The number of aryl methyl sites for hydroxylation is 1. The third-order valence-electron chi connectivity index (χ3n) is 3.84. The van der Waals surface area contributed by atoms with Gasteiger partial charge in [0.05, 0.1) is 19.9 Å². The number of methoxy groups -OCH3 is 1. The summed E-state index contributed by atoms with van der Waals surface area (Å²) < 4.78 is 10.7. The van der Waals surface area contributed by atoms with Crippen LogP contribution in [0, 0.1) is 13.8 Å². The molecule has 0 unspecified atom stereocenters. The van der Waals surface area contributed by atoms with Crippen molar-refractivity contribution >= 4 is 17.8 Å². The van der Waals surface area contributed by atoms with Gasteiger partial charge in [0.15, 0.2) is 18.1 Å². The number of hydrogen-bond acceptors (Lipinski definition) is 5. The number of ether oxygens (including phenoxy) is 2. The van der Waals surface area contributed by atoms with Crippen molar-refractivity contribution in [3.05, 3.63) is 53.1 Å². The zero-order valence-electron chi connectivity index (χ0n) is 15.5. The maximum absolute atomic E-state index is 12.0. The molecule has 0 fully saturated rings. The Balaban J connectivity index is 1.88. The summed E-state index contributed by atoms with van der Waals surface area (Å²) in [5, 5.41) is 6.65. The summed E-state index contributed by atoms with van der Waals surface area (Å²) in [6.07, 6.45) is 1.52. The predicted molar refractivity (Wildman–Crippen MR) is 102 cm³/mol. The van der Waals surface area contributed by atoms with Gasteiger partial charge in [-0.2, -0.15) is 0 Å². The zero-order chi connectivity index (χ0) is 18.9. The van der Waals surface area contributed by atoms with Crippen molar-refractivity contribution < 1.29 is 19.1 Å². The van der Waals surface area contributed by atoms with E-state index in [4.69, 9.17) is 14.3 Å². The smallest absolute Gasteiger partial charge is 0.265 e. The van der Waals surface area contributed by atoms with Crippen molar-refractivity contribution in [3.8, 4) is 11.5 Å². The van der Waals surface area contributed by atoms with Crippen molar-refractivity contribution in [2.45, 2.75) is 20.8 Å². The third kappa shape index (κ3) is 5.24. The number of anilines is 1. The van der Waals surface area contributed by atoms with Gasteiger partial charge in [0.1, 0.15) is 0 Å². The van der Waals surface area contributed by atoms with Crippen LogP contribution in [0.1, 0.15) is 23.6 Å². The maximum Gasteiger partial charge on any atom is 0.265 e. The van der Waals surface area contributed by atoms with E-state index in [9.17, 15) is 4.79 Å². The van der Waals surface area contributed by atoms with Crippen molar-refractivity contribution in [2.24, 2.45) is 5.16 Å². The monoisotopic (exact) mass is 356 g/mol. The van der Waals surface area contributed by atoms with Crippen LogP contribution in [0.5, 0.6) is 11.5 Å². The van der Waals surface area contributed by atoms with E-state index in [-0.39, 0.29) is 12.5 Å². The molecule has 26 heavy (non-hydrogen) atoms. The lowest BCUT2D eigenvalue weighted by atomic mass is 10.1. The second-order valence-electron chi connectivity index (χ2n) is 5.65. The second kappa shape index (κ2) is 9.46. The summed E-state index contributed by atoms with van der Waals surface area (Å²) in [5.41, 5.74) is 3.70. The summed E-state index contributed by atoms with van der Waals surface area (Å²) in [5.74, 6) is 1.02. The van der Waals surface area contributed by atoms with E-state index < -0.39 is 0 Å². The quantitative estimate of drug-likeness (QED) is 0.578. The Hall–Kier alpha value is -3.02. The average molecular weight is 356 g/mol. The number of nitrogens with one attached hydrogen (secondary N) is 1. The minimum atomic E-state index is -0.264. The van der Waals surface area contributed by atoms with Crippen molar-refractivity contribution in [3.63, 3.8) is 0 Å². The Labute approximate surface area is 153 Å². The molecule has 0 aliphatic rings. The normalized spacial score (nSPS) is 10.6. The van der Waals surface area contributed by atoms with Gasteiger partial charge in [-0.05, 0) is 56.2 Å². The molecule has 6 heteroatoms. The first kappa shape index (κ1) is 19.3. The van der Waals surface area contributed by atoms with Crippen molar-refractivity contribution in [2.75, 3.05) is 25.6 Å². The van der Waals surface area contributed by atoms with Crippen LogP contribution in [0.15, 0.2) is 41.6 Å². The summed E-state index contributed by atoms with van der Waals surface area (Å²) in [7, 11) is 1.58. The second-order valence-corrected chi connectivity index (χ2v) is 5.65. The first-order chi connectivity index (χ1) is 12.5. The van der Waals surface area contributed by atoms with Crippen LogP contribution < -0.4 is 14.8 Å². The fourth-order valence-corrected chi connectivity index (χ4v) is 2.31. The Morgan fingerprint density at radius 1 is 1.19 bits per heavy atom. The summed E-state index contributed by atoms with van der Waals surface area (Å²) >= 11 is 0. The molecule has 0 radical (unpaired) electrons. The molecule has 0 heterocycles. The van der Waals surface area contributed by atoms with Gasteiger partial charge in [-0.1, -0.05) is 17.3 Å². The van der Waals surface area contributed by atoms with Crippen LogP contribution >= 0.6 is 0 Å². The highest BCUT2D eigenvalue weighted by molar-refractivity contribution is 5.92. The molecule has 0 aliphatic carbocycles. The van der Waals surface area contributed by atoms with Gasteiger partial charge in [0.2, 0.25) is 0 Å². The lowest BCUT2D eigenvalue weighted by molar-refractivity contribution is -0.120. The molecule has 1 amide bonds. The fourth-order valence-electron chi connectivity index (χ4n) is 2.31. The molecule has 0 atom stereocenters. The van der Waals surface area contributed by atoms with Gasteiger partial charge < -0.3 is 19.6 Å². The number of amides is 1. The van der Waals surface area contributed by atoms with E-state index in [1.54, 1.807) is 19.2 Å². The van der Waals surface area contributed by atoms with E-state index in [0.29, 0.717) is 18.1 Å². The summed E-state index contributed by atoms with van der Waals surface area (Å²) in [6.45, 7) is 6.26. The third-order valence-corrected chi connectivity index (χ3v) is 3.84. The Bertz CT molecular complexity index is 787. The molecule has 0 spiro atoms. The van der Waals surface area contributed by atoms with Crippen LogP contribution in [0.3, 0.4) is 0 Å². The molecule has 2 aromatic rings. The molecular formula is C20H24N2O4. The van der Waals surface area contributed by atoms with E-state index in [2.05, 4.69) is 10.5 Å². The number of carbonyl (C=O) groups is 1. The average Bonchev–Trinajstić information content (AvgIpc) is 2.64. The summed E-state index contributed by atoms with van der Waals surface area (Å²) in [6, 6.07) is 11.2. The highest BCUT2D eigenvalue weighted by Gasteiger charge is 2.07. The Morgan fingerprint density at radius 2 is 2.00 bits per heavy atom. The van der Waals surface area contributed by atoms with Gasteiger partial charge in [-0.25, -0.2) is 0 Å². The van der Waals surface area contributed by atoms with Gasteiger partial charge >= 0.3 is 0 Å². The fraction of sp³-hybridized carbons (Fsp3) is 0.300. The van der Waals surface area contributed by atoms with E-state index in [1.807, 2.05) is 45.0 Å².